The van der Waals surface area contributed by atoms with E-state index in [2.05, 4.69) is 29.1 Å². The molecule has 0 radical (unpaired) electrons. The second kappa shape index (κ2) is 6.92. The second-order valence-corrected chi connectivity index (χ2v) is 5.42. The van der Waals surface area contributed by atoms with Gasteiger partial charge in [-0.3, -0.25) is 0 Å². The lowest BCUT2D eigenvalue weighted by atomic mass is 10.1. The van der Waals surface area contributed by atoms with Crippen LogP contribution in [0.4, 0.5) is 0 Å². The maximum atomic E-state index is 5.30. The van der Waals surface area contributed by atoms with E-state index < -0.39 is 0 Å². The van der Waals surface area contributed by atoms with Crippen LogP contribution >= 0.6 is 0 Å². The molecule has 2 heterocycles. The Labute approximate surface area is 110 Å². The fraction of sp³-hybridized carbons (Fsp3) is 0.714. The number of likely N-dealkylation sites (N-methyl/N-ethyl adjacent to an activating group) is 1. The van der Waals surface area contributed by atoms with Crippen molar-refractivity contribution in [3.63, 3.8) is 0 Å². The summed E-state index contributed by atoms with van der Waals surface area (Å²) >= 11 is 0. The fourth-order valence-corrected chi connectivity index (χ4v) is 2.39. The molecule has 1 aliphatic heterocycles. The Kier molecular flexibility index (Phi) is 5.23. The van der Waals surface area contributed by atoms with E-state index in [0.717, 1.165) is 18.8 Å². The lowest BCUT2D eigenvalue weighted by Crippen LogP contribution is -2.46. The molecule has 0 spiro atoms. The summed E-state index contributed by atoms with van der Waals surface area (Å²) in [6.07, 6.45) is 1.73. The van der Waals surface area contributed by atoms with Crippen LogP contribution in [0.25, 0.3) is 0 Å². The van der Waals surface area contributed by atoms with Crippen LogP contribution in [0, 0.1) is 5.92 Å². The highest BCUT2D eigenvalue weighted by molar-refractivity contribution is 4.97. The van der Waals surface area contributed by atoms with E-state index in [9.17, 15) is 0 Å². The minimum Gasteiger partial charge on any atom is -0.468 e. The molecule has 1 saturated heterocycles. The van der Waals surface area contributed by atoms with Crippen molar-refractivity contribution in [2.45, 2.75) is 13.5 Å². The van der Waals surface area contributed by atoms with E-state index in [1.54, 1.807) is 6.26 Å². The molecule has 0 aliphatic carbocycles. The van der Waals surface area contributed by atoms with Crippen molar-refractivity contribution < 1.29 is 4.42 Å². The Bertz CT molecular complexity index is 318. The van der Waals surface area contributed by atoms with Crippen LogP contribution in [0.1, 0.15) is 12.7 Å². The third-order valence-corrected chi connectivity index (χ3v) is 3.54. The van der Waals surface area contributed by atoms with Crippen molar-refractivity contribution in [1.29, 1.82) is 0 Å². The van der Waals surface area contributed by atoms with Crippen LogP contribution in [0.3, 0.4) is 0 Å². The van der Waals surface area contributed by atoms with Crippen molar-refractivity contribution >= 4 is 0 Å². The maximum Gasteiger partial charge on any atom is 0.117 e. The fourth-order valence-electron chi connectivity index (χ4n) is 2.39. The number of furan rings is 1. The van der Waals surface area contributed by atoms with E-state index in [1.165, 1.54) is 32.7 Å². The van der Waals surface area contributed by atoms with E-state index in [0.29, 0.717) is 5.92 Å². The highest BCUT2D eigenvalue weighted by atomic mass is 16.3. The van der Waals surface area contributed by atoms with Gasteiger partial charge in [0.1, 0.15) is 5.76 Å². The Hall–Kier alpha value is -0.840. The first kappa shape index (κ1) is 13.6. The van der Waals surface area contributed by atoms with E-state index >= 15 is 0 Å². The van der Waals surface area contributed by atoms with Gasteiger partial charge >= 0.3 is 0 Å². The van der Waals surface area contributed by atoms with Crippen LogP contribution in [-0.4, -0.2) is 56.1 Å². The number of hydrogen-bond acceptors (Lipinski definition) is 4. The Morgan fingerprint density at radius 1 is 1.33 bits per heavy atom. The Balaban J connectivity index is 1.58. The summed E-state index contributed by atoms with van der Waals surface area (Å²) in [6.45, 7) is 10.2. The average molecular weight is 251 g/mol. The molecular weight excluding hydrogens is 226 g/mol. The van der Waals surface area contributed by atoms with Gasteiger partial charge in [0.2, 0.25) is 0 Å². The average Bonchev–Trinajstić information content (AvgIpc) is 2.85. The molecule has 102 valence electrons. The normalized spacial score (nSPS) is 20.1. The molecule has 1 aliphatic rings. The van der Waals surface area contributed by atoms with Gasteiger partial charge in [0.05, 0.1) is 12.8 Å². The SMILES string of the molecule is CC(CNCc1ccco1)CN1CCN(C)CC1. The smallest absolute Gasteiger partial charge is 0.117 e. The zero-order chi connectivity index (χ0) is 12.8. The summed E-state index contributed by atoms with van der Waals surface area (Å²) in [7, 11) is 2.20. The zero-order valence-corrected chi connectivity index (χ0v) is 11.6. The first-order valence-electron chi connectivity index (χ1n) is 6.88. The lowest BCUT2D eigenvalue weighted by molar-refractivity contribution is 0.138. The van der Waals surface area contributed by atoms with Crippen molar-refractivity contribution in [3.05, 3.63) is 24.2 Å². The molecule has 1 aromatic heterocycles. The molecule has 0 bridgehead atoms. The van der Waals surface area contributed by atoms with Gasteiger partial charge in [-0.2, -0.15) is 0 Å². The van der Waals surface area contributed by atoms with Gasteiger partial charge in [-0.15, -0.1) is 0 Å². The first-order chi connectivity index (χ1) is 8.74. The molecule has 4 nitrogen and oxygen atoms in total. The number of rotatable bonds is 6. The summed E-state index contributed by atoms with van der Waals surface area (Å²) in [5, 5.41) is 3.46. The van der Waals surface area contributed by atoms with E-state index in [1.807, 2.05) is 12.1 Å². The summed E-state index contributed by atoms with van der Waals surface area (Å²) in [6, 6.07) is 3.95. The molecule has 1 N–H and O–H groups in total. The van der Waals surface area contributed by atoms with Crippen LogP contribution < -0.4 is 5.32 Å². The minimum atomic E-state index is 0.684. The van der Waals surface area contributed by atoms with Crippen LogP contribution in [0.15, 0.2) is 22.8 Å². The van der Waals surface area contributed by atoms with Crippen LogP contribution in [0.2, 0.25) is 0 Å². The molecule has 1 fully saturated rings. The molecule has 1 atom stereocenters. The zero-order valence-electron chi connectivity index (χ0n) is 11.6. The summed E-state index contributed by atoms with van der Waals surface area (Å²) < 4.78 is 5.30. The molecule has 18 heavy (non-hydrogen) atoms. The topological polar surface area (TPSA) is 31.7 Å². The van der Waals surface area contributed by atoms with Gasteiger partial charge in [-0.25, -0.2) is 0 Å². The van der Waals surface area contributed by atoms with Crippen molar-refractivity contribution in [3.8, 4) is 0 Å². The monoisotopic (exact) mass is 251 g/mol. The number of nitrogens with one attached hydrogen (secondary N) is 1. The molecule has 4 heteroatoms. The highest BCUT2D eigenvalue weighted by Crippen LogP contribution is 2.04. The van der Waals surface area contributed by atoms with Gasteiger partial charge < -0.3 is 19.5 Å². The van der Waals surface area contributed by atoms with Gasteiger partial charge in [-0.1, -0.05) is 6.92 Å². The van der Waals surface area contributed by atoms with Crippen molar-refractivity contribution in [2.75, 3.05) is 46.3 Å². The predicted molar refractivity (Wildman–Crippen MR) is 73.5 cm³/mol. The van der Waals surface area contributed by atoms with Crippen molar-refractivity contribution in [2.24, 2.45) is 5.92 Å². The third kappa shape index (κ3) is 4.44. The van der Waals surface area contributed by atoms with Gasteiger partial charge in [0.15, 0.2) is 0 Å². The molecule has 1 aromatic rings. The lowest BCUT2D eigenvalue weighted by Gasteiger charge is -2.33. The molecule has 0 saturated carbocycles. The number of nitrogens with zero attached hydrogens (tertiary/aromatic N) is 2. The predicted octanol–water partition coefficient (Wildman–Crippen LogP) is 1.25. The quantitative estimate of drug-likeness (QED) is 0.824. The molecule has 2 rings (SSSR count). The Morgan fingerprint density at radius 2 is 2.11 bits per heavy atom. The highest BCUT2D eigenvalue weighted by Gasteiger charge is 2.15. The standard InChI is InChI=1S/C14H25N3O/c1-13(10-15-11-14-4-3-9-18-14)12-17-7-5-16(2)6-8-17/h3-4,9,13,15H,5-8,10-12H2,1-2H3. The molecule has 1 unspecified atom stereocenters. The summed E-state index contributed by atoms with van der Waals surface area (Å²) in [4.78, 5) is 4.97. The second-order valence-electron chi connectivity index (χ2n) is 5.42. The third-order valence-electron chi connectivity index (χ3n) is 3.54. The minimum absolute atomic E-state index is 0.684. The summed E-state index contributed by atoms with van der Waals surface area (Å²) in [5.74, 6) is 1.70. The Morgan fingerprint density at radius 3 is 2.78 bits per heavy atom. The van der Waals surface area contributed by atoms with Crippen LogP contribution in [-0.2, 0) is 6.54 Å². The maximum absolute atomic E-state index is 5.30. The first-order valence-corrected chi connectivity index (χ1v) is 6.88. The van der Waals surface area contributed by atoms with Crippen LogP contribution in [0.5, 0.6) is 0 Å². The number of hydrogen-bond donors (Lipinski definition) is 1. The van der Waals surface area contributed by atoms with Crippen molar-refractivity contribution in [1.82, 2.24) is 15.1 Å². The molecule has 0 amide bonds. The molecular formula is C14H25N3O. The largest absolute Gasteiger partial charge is 0.468 e. The van der Waals surface area contributed by atoms with E-state index in [-0.39, 0.29) is 0 Å². The molecule has 0 aromatic carbocycles. The van der Waals surface area contributed by atoms with Gasteiger partial charge in [0, 0.05) is 32.7 Å². The van der Waals surface area contributed by atoms with Gasteiger partial charge in [0.25, 0.3) is 0 Å². The summed E-state index contributed by atoms with van der Waals surface area (Å²) in [5.41, 5.74) is 0. The van der Waals surface area contributed by atoms with Gasteiger partial charge in [-0.05, 0) is 31.6 Å². The number of piperazine rings is 1. The van der Waals surface area contributed by atoms with E-state index in [4.69, 9.17) is 4.42 Å².